The zero-order chi connectivity index (χ0) is 24.8. The number of carbonyl (C=O) groups is 1. The summed E-state index contributed by atoms with van der Waals surface area (Å²) in [7, 11) is 3.02. The summed E-state index contributed by atoms with van der Waals surface area (Å²) in [5, 5.41) is 5.37. The molecule has 6 nitrogen and oxygen atoms in total. The van der Waals surface area contributed by atoms with E-state index in [9.17, 15) is 4.79 Å². The summed E-state index contributed by atoms with van der Waals surface area (Å²) in [6.07, 6.45) is 0. The number of anilines is 1. The van der Waals surface area contributed by atoms with Gasteiger partial charge in [-0.25, -0.2) is 0 Å². The molecule has 35 heavy (non-hydrogen) atoms. The van der Waals surface area contributed by atoms with Crippen LogP contribution < -0.4 is 24.3 Å². The molecule has 0 aliphatic rings. The third-order valence-corrected chi connectivity index (χ3v) is 5.77. The van der Waals surface area contributed by atoms with E-state index in [-0.39, 0.29) is 12.5 Å². The van der Waals surface area contributed by atoms with Gasteiger partial charge >= 0.3 is 0 Å². The first kappa shape index (κ1) is 24.2. The molecule has 0 radical (unpaired) electrons. The van der Waals surface area contributed by atoms with Crippen LogP contribution in [-0.4, -0.2) is 26.7 Å². The second-order valence-corrected chi connectivity index (χ2v) is 8.07. The number of benzene rings is 4. The lowest BCUT2D eigenvalue weighted by molar-refractivity contribution is 0.102. The zero-order valence-electron chi connectivity index (χ0n) is 19.8. The molecule has 0 fully saturated rings. The molecule has 7 heteroatoms. The minimum atomic E-state index is -0.317. The molecule has 0 aliphatic heterocycles. The van der Waals surface area contributed by atoms with Gasteiger partial charge in [0.05, 0.1) is 31.5 Å². The molecule has 1 amide bonds. The SMILES string of the molecule is CCOc1ccc(C(=O)Nc2cc(OC)c(Cl)cc2OC)cc1COc1cccc2ccccc12. The molecule has 4 aromatic rings. The summed E-state index contributed by atoms with van der Waals surface area (Å²) in [5.74, 6) is 1.96. The van der Waals surface area contributed by atoms with E-state index < -0.39 is 0 Å². The maximum atomic E-state index is 13.1. The molecule has 0 spiro atoms. The van der Waals surface area contributed by atoms with Gasteiger partial charge in [0.15, 0.2) is 0 Å². The molecule has 0 bridgehead atoms. The van der Waals surface area contributed by atoms with Crippen molar-refractivity contribution in [1.82, 2.24) is 0 Å². The van der Waals surface area contributed by atoms with Crippen LogP contribution in [-0.2, 0) is 6.61 Å². The van der Waals surface area contributed by atoms with E-state index in [2.05, 4.69) is 5.32 Å². The second-order valence-electron chi connectivity index (χ2n) is 7.66. The van der Waals surface area contributed by atoms with E-state index >= 15 is 0 Å². The van der Waals surface area contributed by atoms with Crippen LogP contribution in [0.25, 0.3) is 10.8 Å². The van der Waals surface area contributed by atoms with Crippen LogP contribution in [0.1, 0.15) is 22.8 Å². The molecular formula is C28H26ClNO5. The molecule has 0 saturated heterocycles. The smallest absolute Gasteiger partial charge is 0.255 e. The van der Waals surface area contributed by atoms with E-state index in [1.165, 1.54) is 14.2 Å². The molecule has 0 unspecified atom stereocenters. The highest BCUT2D eigenvalue weighted by Gasteiger charge is 2.16. The molecule has 1 N–H and O–H groups in total. The van der Waals surface area contributed by atoms with Crippen LogP contribution in [0, 0.1) is 0 Å². The van der Waals surface area contributed by atoms with Crippen LogP contribution in [0.3, 0.4) is 0 Å². The van der Waals surface area contributed by atoms with Gasteiger partial charge in [-0.1, -0.05) is 48.0 Å². The van der Waals surface area contributed by atoms with E-state index in [0.29, 0.717) is 40.1 Å². The van der Waals surface area contributed by atoms with E-state index in [0.717, 1.165) is 22.1 Å². The van der Waals surface area contributed by atoms with Crippen molar-refractivity contribution in [2.24, 2.45) is 0 Å². The molecule has 0 aromatic heterocycles. The number of nitrogens with one attached hydrogen (secondary N) is 1. The van der Waals surface area contributed by atoms with Crippen LogP contribution in [0.5, 0.6) is 23.0 Å². The first-order valence-electron chi connectivity index (χ1n) is 11.1. The van der Waals surface area contributed by atoms with E-state index in [1.807, 2.05) is 49.4 Å². The fraction of sp³-hybridized carbons (Fsp3) is 0.179. The Morgan fingerprint density at radius 1 is 0.829 bits per heavy atom. The second kappa shape index (κ2) is 11.0. The fourth-order valence-electron chi connectivity index (χ4n) is 3.76. The quantitative estimate of drug-likeness (QED) is 0.281. The van der Waals surface area contributed by atoms with Crippen molar-refractivity contribution in [3.8, 4) is 23.0 Å². The fourth-order valence-corrected chi connectivity index (χ4v) is 3.99. The summed E-state index contributed by atoms with van der Waals surface area (Å²) < 4.78 is 22.6. The number of fused-ring (bicyclic) bond motifs is 1. The van der Waals surface area contributed by atoms with Gasteiger partial charge < -0.3 is 24.3 Å². The Kier molecular flexibility index (Phi) is 7.63. The number of methoxy groups -OCH3 is 2. The molecule has 0 atom stereocenters. The topological polar surface area (TPSA) is 66.0 Å². The van der Waals surface area contributed by atoms with Gasteiger partial charge in [0.2, 0.25) is 0 Å². The van der Waals surface area contributed by atoms with Gasteiger partial charge in [0.1, 0.15) is 29.6 Å². The van der Waals surface area contributed by atoms with E-state index in [1.54, 1.807) is 30.3 Å². The van der Waals surface area contributed by atoms with Gasteiger partial charge in [0, 0.05) is 28.6 Å². The monoisotopic (exact) mass is 491 g/mol. The average molecular weight is 492 g/mol. The summed E-state index contributed by atoms with van der Waals surface area (Å²) >= 11 is 6.18. The maximum Gasteiger partial charge on any atom is 0.255 e. The molecule has 0 aliphatic carbocycles. The highest BCUT2D eigenvalue weighted by molar-refractivity contribution is 6.32. The lowest BCUT2D eigenvalue weighted by atomic mass is 10.1. The van der Waals surface area contributed by atoms with Crippen molar-refractivity contribution in [3.63, 3.8) is 0 Å². The predicted octanol–water partition coefficient (Wildman–Crippen LogP) is 6.74. The molecule has 180 valence electrons. The van der Waals surface area contributed by atoms with Gasteiger partial charge in [-0.2, -0.15) is 0 Å². The number of ether oxygens (including phenoxy) is 4. The maximum absolute atomic E-state index is 13.1. The summed E-state index contributed by atoms with van der Waals surface area (Å²) in [6.45, 7) is 2.65. The summed E-state index contributed by atoms with van der Waals surface area (Å²) in [6, 6.07) is 22.4. The van der Waals surface area contributed by atoms with Crippen molar-refractivity contribution in [2.45, 2.75) is 13.5 Å². The molecule has 4 aromatic carbocycles. The molecular weight excluding hydrogens is 466 g/mol. The van der Waals surface area contributed by atoms with Crippen molar-refractivity contribution in [1.29, 1.82) is 0 Å². The number of halogens is 1. The zero-order valence-corrected chi connectivity index (χ0v) is 20.5. The number of amides is 1. The van der Waals surface area contributed by atoms with Crippen molar-refractivity contribution >= 4 is 34.0 Å². The minimum Gasteiger partial charge on any atom is -0.495 e. The van der Waals surface area contributed by atoms with Crippen molar-refractivity contribution < 1.29 is 23.7 Å². The van der Waals surface area contributed by atoms with Crippen molar-refractivity contribution in [3.05, 3.63) is 88.9 Å². The third-order valence-electron chi connectivity index (χ3n) is 5.48. The predicted molar refractivity (Wildman–Crippen MR) is 138 cm³/mol. The normalized spacial score (nSPS) is 10.6. The molecule has 0 heterocycles. The van der Waals surface area contributed by atoms with Crippen LogP contribution in [0.4, 0.5) is 5.69 Å². The third kappa shape index (κ3) is 5.44. The summed E-state index contributed by atoms with van der Waals surface area (Å²) in [4.78, 5) is 13.1. The van der Waals surface area contributed by atoms with Gasteiger partial charge in [-0.15, -0.1) is 0 Å². The number of carbonyl (C=O) groups excluding carboxylic acids is 1. The summed E-state index contributed by atoms with van der Waals surface area (Å²) in [5.41, 5.74) is 1.65. The standard InChI is InChI=1S/C28H26ClNO5/c1-4-34-24-13-12-19(28(31)30-23-16-26(32-2)22(29)15-27(23)33-3)14-20(24)17-35-25-11-7-9-18-8-5-6-10-21(18)25/h5-16H,4,17H2,1-3H3,(H,30,31). The highest BCUT2D eigenvalue weighted by atomic mass is 35.5. The molecule has 0 saturated carbocycles. The minimum absolute atomic E-state index is 0.239. The Labute approximate surface area is 209 Å². The Balaban J connectivity index is 1.60. The van der Waals surface area contributed by atoms with Gasteiger partial charge in [-0.3, -0.25) is 4.79 Å². The van der Waals surface area contributed by atoms with Crippen LogP contribution >= 0.6 is 11.6 Å². The largest absolute Gasteiger partial charge is 0.495 e. The first-order chi connectivity index (χ1) is 17.0. The first-order valence-corrected chi connectivity index (χ1v) is 11.5. The lowest BCUT2D eigenvalue weighted by Crippen LogP contribution is -2.14. The lowest BCUT2D eigenvalue weighted by Gasteiger charge is -2.16. The van der Waals surface area contributed by atoms with Gasteiger partial charge in [-0.05, 0) is 36.6 Å². The van der Waals surface area contributed by atoms with E-state index in [4.69, 9.17) is 30.5 Å². The molecule has 4 rings (SSSR count). The van der Waals surface area contributed by atoms with Gasteiger partial charge in [0.25, 0.3) is 5.91 Å². The van der Waals surface area contributed by atoms with Crippen LogP contribution in [0.15, 0.2) is 72.8 Å². The Bertz CT molecular complexity index is 1350. The Morgan fingerprint density at radius 2 is 1.60 bits per heavy atom. The van der Waals surface area contributed by atoms with Crippen LogP contribution in [0.2, 0.25) is 5.02 Å². The van der Waals surface area contributed by atoms with Crippen molar-refractivity contribution in [2.75, 3.05) is 26.1 Å². The number of rotatable bonds is 9. The number of hydrogen-bond donors (Lipinski definition) is 1. The average Bonchev–Trinajstić information content (AvgIpc) is 2.88. The Morgan fingerprint density at radius 3 is 2.37 bits per heavy atom. The highest BCUT2D eigenvalue weighted by Crippen LogP contribution is 2.36. The number of hydrogen-bond acceptors (Lipinski definition) is 5. The Hall–Kier alpha value is -3.90.